The molecular formula is C19H19BrN2O2. The van der Waals surface area contributed by atoms with Crippen molar-refractivity contribution in [3.8, 4) is 5.75 Å². The molecule has 0 saturated carbocycles. The van der Waals surface area contributed by atoms with Gasteiger partial charge in [-0.25, -0.2) is 0 Å². The van der Waals surface area contributed by atoms with Gasteiger partial charge in [0.15, 0.2) is 6.10 Å². The molecule has 0 aliphatic rings. The number of nitrogens with zero attached hydrogens (tertiary/aromatic N) is 1. The minimum Gasteiger partial charge on any atom is -0.481 e. The van der Waals surface area contributed by atoms with E-state index in [2.05, 4.69) is 44.0 Å². The second-order valence-electron chi connectivity index (χ2n) is 5.57. The summed E-state index contributed by atoms with van der Waals surface area (Å²) in [5, 5.41) is 4.13. The second-order valence-corrected chi connectivity index (χ2v) is 6.49. The van der Waals surface area contributed by atoms with Gasteiger partial charge < -0.3 is 14.6 Å². The smallest absolute Gasteiger partial charge is 0.260 e. The van der Waals surface area contributed by atoms with Crippen LogP contribution in [-0.2, 0) is 11.3 Å². The van der Waals surface area contributed by atoms with Crippen molar-refractivity contribution in [2.75, 3.05) is 6.54 Å². The maximum atomic E-state index is 12.2. The Balaban J connectivity index is 1.50. The highest BCUT2D eigenvalue weighted by Gasteiger charge is 2.14. The molecule has 4 nitrogen and oxygen atoms in total. The lowest BCUT2D eigenvalue weighted by atomic mass is 10.2. The van der Waals surface area contributed by atoms with E-state index in [1.165, 1.54) is 10.9 Å². The van der Waals surface area contributed by atoms with Gasteiger partial charge in [-0.05, 0) is 48.7 Å². The summed E-state index contributed by atoms with van der Waals surface area (Å²) in [4.78, 5) is 12.2. The second kappa shape index (κ2) is 7.53. The van der Waals surface area contributed by atoms with Crippen LogP contribution in [0.4, 0.5) is 0 Å². The number of carbonyl (C=O) groups is 1. The fraction of sp³-hybridized carbons (Fsp3) is 0.211. The maximum absolute atomic E-state index is 12.2. The lowest BCUT2D eigenvalue weighted by molar-refractivity contribution is -0.127. The molecule has 5 heteroatoms. The summed E-state index contributed by atoms with van der Waals surface area (Å²) in [5.74, 6) is 0.562. The van der Waals surface area contributed by atoms with Crippen molar-refractivity contribution in [3.05, 3.63) is 65.3 Å². The van der Waals surface area contributed by atoms with Crippen LogP contribution < -0.4 is 10.1 Å². The summed E-state index contributed by atoms with van der Waals surface area (Å²) in [6.45, 7) is 3.04. The number of nitrogens with one attached hydrogen (secondary N) is 1. The minimum absolute atomic E-state index is 0.116. The summed E-state index contributed by atoms with van der Waals surface area (Å²) in [7, 11) is 0. The molecule has 0 bridgehead atoms. The number of rotatable bonds is 6. The van der Waals surface area contributed by atoms with Gasteiger partial charge in [0.1, 0.15) is 5.75 Å². The number of carbonyl (C=O) groups excluding carboxylic acids is 1. The first-order chi connectivity index (χ1) is 11.6. The van der Waals surface area contributed by atoms with Gasteiger partial charge in [0.25, 0.3) is 5.91 Å². The standard InChI is InChI=1S/C19H19BrN2O2/c1-14(24-17-8-6-16(20)7-9-17)19(23)21-11-13-22-12-10-15-4-2-3-5-18(15)22/h2-10,12,14H,11,13H2,1H3,(H,21,23). The van der Waals surface area contributed by atoms with E-state index in [0.29, 0.717) is 12.3 Å². The average molecular weight is 387 g/mol. The van der Waals surface area contributed by atoms with Crippen molar-refractivity contribution in [2.45, 2.75) is 19.6 Å². The number of hydrogen-bond acceptors (Lipinski definition) is 2. The highest BCUT2D eigenvalue weighted by molar-refractivity contribution is 9.10. The van der Waals surface area contributed by atoms with Crippen LogP contribution in [0.2, 0.25) is 0 Å². The Morgan fingerprint density at radius 2 is 1.92 bits per heavy atom. The van der Waals surface area contributed by atoms with Crippen molar-refractivity contribution in [3.63, 3.8) is 0 Å². The summed E-state index contributed by atoms with van der Waals surface area (Å²) in [6.07, 6.45) is 1.51. The topological polar surface area (TPSA) is 43.3 Å². The third kappa shape index (κ3) is 3.97. The Hall–Kier alpha value is -2.27. The Morgan fingerprint density at radius 1 is 1.17 bits per heavy atom. The fourth-order valence-corrected chi connectivity index (χ4v) is 2.81. The molecule has 124 valence electrons. The lowest BCUT2D eigenvalue weighted by Gasteiger charge is -2.15. The summed E-state index contributed by atoms with van der Waals surface area (Å²) in [6, 6.07) is 17.7. The molecule has 1 heterocycles. The largest absolute Gasteiger partial charge is 0.481 e. The SMILES string of the molecule is CC(Oc1ccc(Br)cc1)C(=O)NCCn1ccc2ccccc21. The first kappa shape index (κ1) is 16.6. The predicted octanol–water partition coefficient (Wildman–Crippen LogP) is 3.99. The van der Waals surface area contributed by atoms with E-state index >= 15 is 0 Å². The summed E-state index contributed by atoms with van der Waals surface area (Å²) < 4.78 is 8.76. The average Bonchev–Trinajstić information content (AvgIpc) is 3.00. The first-order valence-electron chi connectivity index (χ1n) is 7.87. The van der Waals surface area contributed by atoms with Gasteiger partial charge in [0.2, 0.25) is 0 Å². The summed E-state index contributed by atoms with van der Waals surface area (Å²) in [5.41, 5.74) is 1.17. The van der Waals surface area contributed by atoms with Crippen LogP contribution in [0.1, 0.15) is 6.92 Å². The van der Waals surface area contributed by atoms with Gasteiger partial charge in [-0.15, -0.1) is 0 Å². The number of para-hydroxylation sites is 1. The molecule has 1 aromatic heterocycles. The molecule has 3 aromatic rings. The number of benzene rings is 2. The van der Waals surface area contributed by atoms with Crippen LogP contribution in [0.25, 0.3) is 10.9 Å². The molecule has 0 saturated heterocycles. The van der Waals surface area contributed by atoms with Gasteiger partial charge in [0.05, 0.1) is 0 Å². The molecule has 0 aliphatic heterocycles. The van der Waals surface area contributed by atoms with E-state index in [1.54, 1.807) is 6.92 Å². The monoisotopic (exact) mass is 386 g/mol. The first-order valence-corrected chi connectivity index (χ1v) is 8.66. The molecule has 0 aliphatic carbocycles. The predicted molar refractivity (Wildman–Crippen MR) is 99.2 cm³/mol. The zero-order chi connectivity index (χ0) is 16.9. The van der Waals surface area contributed by atoms with E-state index in [0.717, 1.165) is 11.0 Å². The van der Waals surface area contributed by atoms with Gasteiger partial charge in [-0.3, -0.25) is 4.79 Å². The Morgan fingerprint density at radius 3 is 2.71 bits per heavy atom. The Kier molecular flexibility index (Phi) is 5.20. The molecule has 1 amide bonds. The molecule has 0 fully saturated rings. The molecule has 24 heavy (non-hydrogen) atoms. The highest BCUT2D eigenvalue weighted by atomic mass is 79.9. The third-order valence-electron chi connectivity index (χ3n) is 3.83. The molecule has 0 radical (unpaired) electrons. The number of amides is 1. The molecule has 0 spiro atoms. The van der Waals surface area contributed by atoms with Crippen molar-refractivity contribution in [1.82, 2.24) is 9.88 Å². The van der Waals surface area contributed by atoms with Crippen LogP contribution in [0.15, 0.2) is 65.3 Å². The third-order valence-corrected chi connectivity index (χ3v) is 4.36. The van der Waals surface area contributed by atoms with Crippen molar-refractivity contribution < 1.29 is 9.53 Å². The molecule has 1 N–H and O–H groups in total. The van der Waals surface area contributed by atoms with Crippen LogP contribution in [0.5, 0.6) is 5.75 Å². The maximum Gasteiger partial charge on any atom is 0.260 e. The highest BCUT2D eigenvalue weighted by Crippen LogP contribution is 2.17. The van der Waals surface area contributed by atoms with Gasteiger partial charge in [-0.2, -0.15) is 0 Å². The molecular weight excluding hydrogens is 368 g/mol. The lowest BCUT2D eigenvalue weighted by Crippen LogP contribution is -2.37. The number of halogens is 1. The normalized spacial score (nSPS) is 12.1. The number of aromatic nitrogens is 1. The van der Waals surface area contributed by atoms with Crippen LogP contribution >= 0.6 is 15.9 Å². The molecule has 1 atom stereocenters. The van der Waals surface area contributed by atoms with Crippen LogP contribution in [0.3, 0.4) is 0 Å². The van der Waals surface area contributed by atoms with Crippen molar-refractivity contribution in [2.24, 2.45) is 0 Å². The fourth-order valence-electron chi connectivity index (χ4n) is 2.55. The van der Waals surface area contributed by atoms with Crippen molar-refractivity contribution in [1.29, 1.82) is 0 Å². The van der Waals surface area contributed by atoms with Crippen molar-refractivity contribution >= 4 is 32.7 Å². The Labute approximate surface area is 149 Å². The zero-order valence-corrected chi connectivity index (χ0v) is 15.0. The number of hydrogen-bond donors (Lipinski definition) is 1. The molecule has 1 unspecified atom stereocenters. The van der Waals surface area contributed by atoms with E-state index < -0.39 is 6.10 Å². The van der Waals surface area contributed by atoms with E-state index in [-0.39, 0.29) is 5.91 Å². The Bertz CT molecular complexity index is 827. The number of fused-ring (bicyclic) bond motifs is 1. The van der Waals surface area contributed by atoms with Crippen LogP contribution in [0, 0.1) is 0 Å². The van der Waals surface area contributed by atoms with E-state index in [9.17, 15) is 4.79 Å². The minimum atomic E-state index is -0.535. The van der Waals surface area contributed by atoms with Gasteiger partial charge >= 0.3 is 0 Å². The molecule has 2 aromatic carbocycles. The number of ether oxygens (including phenoxy) is 1. The van der Waals surface area contributed by atoms with Gasteiger partial charge in [0, 0.05) is 29.3 Å². The molecule has 3 rings (SSSR count). The quantitative estimate of drug-likeness (QED) is 0.695. The van der Waals surface area contributed by atoms with E-state index in [4.69, 9.17) is 4.74 Å². The summed E-state index contributed by atoms with van der Waals surface area (Å²) >= 11 is 3.37. The zero-order valence-electron chi connectivity index (χ0n) is 13.4. The van der Waals surface area contributed by atoms with Gasteiger partial charge in [-0.1, -0.05) is 34.1 Å². The van der Waals surface area contributed by atoms with Crippen LogP contribution in [-0.4, -0.2) is 23.1 Å². The van der Waals surface area contributed by atoms with E-state index in [1.807, 2.05) is 42.6 Å².